The summed E-state index contributed by atoms with van der Waals surface area (Å²) in [5.41, 5.74) is 1.30. The van der Waals surface area contributed by atoms with Crippen molar-refractivity contribution in [2.24, 2.45) is 9.98 Å². The third kappa shape index (κ3) is 22.1. The molecule has 2 rings (SSSR count). The van der Waals surface area contributed by atoms with Crippen LogP contribution in [0.15, 0.2) is 70.6 Å². The molecule has 1 unspecified atom stereocenters. The molecule has 0 aliphatic carbocycles. The molecule has 0 spiro atoms. The summed E-state index contributed by atoms with van der Waals surface area (Å²) < 4.78 is 11.7. The van der Waals surface area contributed by atoms with Crippen LogP contribution in [0.5, 0.6) is 0 Å². The second-order valence-electron chi connectivity index (χ2n) is 10.8. The van der Waals surface area contributed by atoms with Gasteiger partial charge in [0.2, 0.25) is 0 Å². The standard InChI is InChI=1S/C19H29NO2.C15H21NO2.C4H9I.Na.H/c1-4-7-14-19(15-8-5-2,18(21)22-6-3)20-16-17-12-10-9-11-13-17;1-3-5-11-14(15(17)18-4-2)16-12-13-9-7-6-8-10-13;1-2-3-4-5;;/h9-13,16H,4-8,14-15H2,1-3H3;6-10,12,14H,3-5,11H2,1-2H3;2-4H2,1H3;;/q;;;+1;-1. The van der Waals surface area contributed by atoms with Gasteiger partial charge in [-0.25, -0.2) is 9.59 Å². The monoisotopic (exact) mass is 758 g/mol. The van der Waals surface area contributed by atoms with Crippen LogP contribution in [-0.4, -0.2) is 53.6 Å². The maximum absolute atomic E-state index is 12.6. The minimum Gasteiger partial charge on any atom is -1.00 e. The molecule has 0 N–H and O–H groups in total. The van der Waals surface area contributed by atoms with Crippen LogP contribution in [0.25, 0.3) is 0 Å². The predicted octanol–water partition coefficient (Wildman–Crippen LogP) is 7.35. The number of carbonyl (C=O) groups is 2. The Balaban J connectivity index is -0.000000702. The third-order valence-corrected chi connectivity index (χ3v) is 7.65. The normalized spacial score (nSPS) is 11.5. The molecule has 0 aliphatic heterocycles. The van der Waals surface area contributed by atoms with Gasteiger partial charge in [0, 0.05) is 12.4 Å². The number of hydrogen-bond donors (Lipinski definition) is 0. The molecule has 0 saturated heterocycles. The first-order valence-corrected chi connectivity index (χ1v) is 18.5. The van der Waals surface area contributed by atoms with Crippen molar-refractivity contribution >= 4 is 47.0 Å². The molecule has 0 saturated carbocycles. The van der Waals surface area contributed by atoms with E-state index in [1.807, 2.05) is 80.7 Å². The second kappa shape index (κ2) is 32.0. The van der Waals surface area contributed by atoms with E-state index in [-0.39, 0.29) is 49.0 Å². The topological polar surface area (TPSA) is 77.3 Å². The van der Waals surface area contributed by atoms with Crippen LogP contribution in [0.4, 0.5) is 0 Å². The molecular formula is C38H60IN2NaO4. The van der Waals surface area contributed by atoms with Gasteiger partial charge in [0.1, 0.15) is 6.04 Å². The molecule has 0 heterocycles. The molecule has 0 bridgehead atoms. The average molecular weight is 759 g/mol. The smallest absolute Gasteiger partial charge is 1.00 e. The van der Waals surface area contributed by atoms with Crippen LogP contribution >= 0.6 is 22.6 Å². The molecule has 2 aromatic rings. The van der Waals surface area contributed by atoms with Gasteiger partial charge in [0.25, 0.3) is 0 Å². The number of ether oxygens (including phenoxy) is 2. The number of alkyl halides is 1. The summed E-state index contributed by atoms with van der Waals surface area (Å²) in [5, 5.41) is 0. The Labute approximate surface area is 317 Å². The summed E-state index contributed by atoms with van der Waals surface area (Å²) in [6.45, 7) is 13.1. The zero-order chi connectivity index (χ0) is 33.6. The molecule has 1 atom stereocenters. The average Bonchev–Trinajstić information content (AvgIpc) is 3.07. The minimum absolute atomic E-state index is 0. The van der Waals surface area contributed by atoms with E-state index in [2.05, 4.69) is 55.3 Å². The van der Waals surface area contributed by atoms with Crippen molar-refractivity contribution in [3.63, 3.8) is 0 Å². The molecule has 254 valence electrons. The molecule has 46 heavy (non-hydrogen) atoms. The zero-order valence-electron chi connectivity index (χ0n) is 30.8. The summed E-state index contributed by atoms with van der Waals surface area (Å²) in [6, 6.07) is 19.3. The van der Waals surface area contributed by atoms with E-state index in [1.165, 1.54) is 17.3 Å². The molecule has 2 aromatic carbocycles. The van der Waals surface area contributed by atoms with E-state index in [1.54, 1.807) is 6.21 Å². The SMILES string of the molecule is CCCCC(CCCC)(N=Cc1ccccc1)C(=O)OCC.CCCCC(N=Cc1ccccc1)C(=O)OCC.CCCCI.[H-].[Na+]. The van der Waals surface area contributed by atoms with Gasteiger partial charge in [-0.3, -0.25) is 9.98 Å². The molecular weight excluding hydrogens is 698 g/mol. The van der Waals surface area contributed by atoms with E-state index in [9.17, 15) is 9.59 Å². The fourth-order valence-corrected chi connectivity index (χ4v) is 4.95. The third-order valence-electron chi connectivity index (χ3n) is 6.88. The predicted molar refractivity (Wildman–Crippen MR) is 201 cm³/mol. The second-order valence-corrected chi connectivity index (χ2v) is 11.8. The molecule has 0 radical (unpaired) electrons. The van der Waals surface area contributed by atoms with E-state index >= 15 is 0 Å². The first-order valence-electron chi connectivity index (χ1n) is 17.0. The van der Waals surface area contributed by atoms with Gasteiger partial charge in [-0.1, -0.05) is 156 Å². The molecule has 6 nitrogen and oxygen atoms in total. The van der Waals surface area contributed by atoms with E-state index < -0.39 is 5.54 Å². The van der Waals surface area contributed by atoms with E-state index in [0.29, 0.717) is 13.2 Å². The summed E-state index contributed by atoms with van der Waals surface area (Å²) in [4.78, 5) is 33.4. The van der Waals surface area contributed by atoms with Crippen molar-refractivity contribution < 1.29 is 50.0 Å². The van der Waals surface area contributed by atoms with Crippen LogP contribution in [0, 0.1) is 0 Å². The Kier molecular flexibility index (Phi) is 32.4. The number of unbranched alkanes of at least 4 members (excludes halogenated alkanes) is 4. The van der Waals surface area contributed by atoms with Gasteiger partial charge >= 0.3 is 41.5 Å². The van der Waals surface area contributed by atoms with Gasteiger partial charge in [-0.2, -0.15) is 0 Å². The number of carbonyl (C=O) groups excluding carboxylic acids is 2. The van der Waals surface area contributed by atoms with Crippen molar-refractivity contribution in [2.75, 3.05) is 17.6 Å². The quantitative estimate of drug-likeness (QED) is 0.0494. The number of rotatable bonds is 19. The molecule has 0 fully saturated rings. The summed E-state index contributed by atoms with van der Waals surface area (Å²) >= 11 is 2.39. The summed E-state index contributed by atoms with van der Waals surface area (Å²) in [6.07, 6.45) is 14.6. The Bertz CT molecular complexity index is 1050. The number of esters is 2. The van der Waals surface area contributed by atoms with Crippen LogP contribution in [0.2, 0.25) is 0 Å². The molecule has 0 aliphatic rings. The zero-order valence-corrected chi connectivity index (χ0v) is 34.0. The number of aliphatic imine (C=N–C) groups is 2. The van der Waals surface area contributed by atoms with Crippen molar-refractivity contribution in [3.8, 4) is 0 Å². The Morgan fingerprint density at radius 3 is 1.63 bits per heavy atom. The molecule has 0 amide bonds. The van der Waals surface area contributed by atoms with Crippen LogP contribution < -0.4 is 29.6 Å². The first kappa shape index (κ1) is 46.6. The maximum atomic E-state index is 12.6. The fraction of sp³-hybridized carbons (Fsp3) is 0.579. The number of nitrogens with zero attached hydrogens (tertiary/aromatic N) is 2. The van der Waals surface area contributed by atoms with Crippen LogP contribution in [0.3, 0.4) is 0 Å². The molecule has 8 heteroatoms. The first-order chi connectivity index (χ1) is 21.9. The minimum atomic E-state index is -0.724. The number of hydrogen-bond acceptors (Lipinski definition) is 6. The van der Waals surface area contributed by atoms with Gasteiger partial charge in [0.15, 0.2) is 5.54 Å². The van der Waals surface area contributed by atoms with Crippen LogP contribution in [0.1, 0.15) is 125 Å². The van der Waals surface area contributed by atoms with E-state index in [4.69, 9.17) is 14.5 Å². The van der Waals surface area contributed by atoms with Gasteiger partial charge in [-0.05, 0) is 55.1 Å². The number of halogens is 1. The van der Waals surface area contributed by atoms with Crippen LogP contribution in [-0.2, 0) is 19.1 Å². The van der Waals surface area contributed by atoms with Gasteiger partial charge in [-0.15, -0.1) is 0 Å². The number of benzene rings is 2. The Morgan fingerprint density at radius 2 is 1.22 bits per heavy atom. The molecule has 0 aromatic heterocycles. The largest absolute Gasteiger partial charge is 1.00 e. The van der Waals surface area contributed by atoms with Crippen molar-refractivity contribution in [1.82, 2.24) is 0 Å². The van der Waals surface area contributed by atoms with Gasteiger partial charge in [0.05, 0.1) is 13.2 Å². The van der Waals surface area contributed by atoms with E-state index in [0.717, 1.165) is 68.9 Å². The van der Waals surface area contributed by atoms with Crippen molar-refractivity contribution in [3.05, 3.63) is 71.8 Å². The van der Waals surface area contributed by atoms with Crippen molar-refractivity contribution in [1.29, 1.82) is 0 Å². The maximum Gasteiger partial charge on any atom is 1.00 e. The summed E-state index contributed by atoms with van der Waals surface area (Å²) in [7, 11) is 0. The van der Waals surface area contributed by atoms with Crippen molar-refractivity contribution in [2.45, 2.75) is 124 Å². The summed E-state index contributed by atoms with van der Waals surface area (Å²) in [5.74, 6) is -0.401. The Hall–Kier alpha value is -1.55. The fourth-order valence-electron chi connectivity index (χ4n) is 4.19. The Morgan fingerprint density at radius 1 is 0.739 bits per heavy atom. The van der Waals surface area contributed by atoms with Gasteiger partial charge < -0.3 is 10.9 Å².